The first-order valence-corrected chi connectivity index (χ1v) is 8.99. The van der Waals surface area contributed by atoms with Crippen molar-refractivity contribution in [3.63, 3.8) is 0 Å². The zero-order valence-corrected chi connectivity index (χ0v) is 14.6. The number of aryl methyl sites for hydroxylation is 1. The van der Waals surface area contributed by atoms with Crippen LogP contribution in [0.2, 0.25) is 0 Å². The van der Waals surface area contributed by atoms with Crippen LogP contribution in [0.15, 0.2) is 34.5 Å². The standard InChI is InChI=1S/C14H17N3O4S2/c1-10-9-22-13(16-10)8-15-14(18)11-4-6-12(7-5-11)23(19,20)17(2)21-3/h4-7,9H,8H2,1-3H3,(H,15,18). The number of hydrogen-bond donors (Lipinski definition) is 1. The molecule has 1 amide bonds. The van der Waals surface area contributed by atoms with Gasteiger partial charge in [-0.1, -0.05) is 4.47 Å². The van der Waals surface area contributed by atoms with Crippen LogP contribution >= 0.6 is 11.3 Å². The maximum Gasteiger partial charge on any atom is 0.264 e. The van der Waals surface area contributed by atoms with Crippen molar-refractivity contribution in [3.05, 3.63) is 45.9 Å². The highest BCUT2D eigenvalue weighted by atomic mass is 32.2. The fourth-order valence-electron chi connectivity index (χ4n) is 1.77. The topological polar surface area (TPSA) is 88.6 Å². The number of benzene rings is 1. The normalized spacial score (nSPS) is 11.7. The van der Waals surface area contributed by atoms with E-state index in [0.717, 1.165) is 15.2 Å². The lowest BCUT2D eigenvalue weighted by atomic mass is 10.2. The Morgan fingerprint density at radius 1 is 1.35 bits per heavy atom. The minimum absolute atomic E-state index is 0.0500. The molecule has 0 unspecified atom stereocenters. The van der Waals surface area contributed by atoms with Crippen molar-refractivity contribution in [2.24, 2.45) is 0 Å². The number of carbonyl (C=O) groups is 1. The zero-order valence-electron chi connectivity index (χ0n) is 12.9. The third-order valence-electron chi connectivity index (χ3n) is 3.08. The molecule has 124 valence electrons. The van der Waals surface area contributed by atoms with E-state index in [1.54, 1.807) is 0 Å². The average Bonchev–Trinajstić information content (AvgIpc) is 2.97. The second-order valence-corrected chi connectivity index (χ2v) is 7.57. The Hall–Kier alpha value is -1.81. The van der Waals surface area contributed by atoms with E-state index in [9.17, 15) is 13.2 Å². The molecule has 0 saturated carbocycles. The van der Waals surface area contributed by atoms with E-state index < -0.39 is 10.0 Å². The Balaban J connectivity index is 2.05. The summed E-state index contributed by atoms with van der Waals surface area (Å²) in [5.41, 5.74) is 1.29. The van der Waals surface area contributed by atoms with E-state index in [2.05, 4.69) is 10.3 Å². The summed E-state index contributed by atoms with van der Waals surface area (Å²) in [4.78, 5) is 21.1. The molecule has 0 aliphatic carbocycles. The Bertz CT molecular complexity index is 785. The van der Waals surface area contributed by atoms with Gasteiger partial charge >= 0.3 is 0 Å². The molecular formula is C14H17N3O4S2. The molecular weight excluding hydrogens is 338 g/mol. The summed E-state index contributed by atoms with van der Waals surface area (Å²) in [7, 11) is -1.15. The fraction of sp³-hybridized carbons (Fsp3) is 0.286. The van der Waals surface area contributed by atoms with Crippen LogP contribution in [0.3, 0.4) is 0 Å². The number of carbonyl (C=O) groups excluding carboxylic acids is 1. The Kier molecular flexibility index (Phi) is 5.47. The molecule has 9 heteroatoms. The molecule has 0 radical (unpaired) electrons. The quantitative estimate of drug-likeness (QED) is 0.795. The molecule has 1 aromatic heterocycles. The van der Waals surface area contributed by atoms with Crippen molar-refractivity contribution in [1.82, 2.24) is 14.8 Å². The monoisotopic (exact) mass is 355 g/mol. The van der Waals surface area contributed by atoms with Gasteiger partial charge < -0.3 is 5.32 Å². The molecule has 0 saturated heterocycles. The number of sulfonamides is 1. The number of rotatable bonds is 6. The first kappa shape index (κ1) is 17.5. The van der Waals surface area contributed by atoms with Crippen molar-refractivity contribution in [2.75, 3.05) is 14.2 Å². The number of hydrogen-bond acceptors (Lipinski definition) is 6. The summed E-state index contributed by atoms with van der Waals surface area (Å²) < 4.78 is 24.9. The molecule has 0 aliphatic rings. The Labute approximate surface area is 138 Å². The van der Waals surface area contributed by atoms with Crippen molar-refractivity contribution in [2.45, 2.75) is 18.4 Å². The zero-order chi connectivity index (χ0) is 17.0. The Morgan fingerprint density at radius 3 is 2.52 bits per heavy atom. The van der Waals surface area contributed by atoms with E-state index in [0.29, 0.717) is 12.1 Å². The molecule has 0 spiro atoms. The third kappa shape index (κ3) is 4.14. The van der Waals surface area contributed by atoms with Gasteiger partial charge in [0, 0.05) is 23.7 Å². The van der Waals surface area contributed by atoms with Crippen molar-refractivity contribution in [1.29, 1.82) is 0 Å². The lowest BCUT2D eigenvalue weighted by Crippen LogP contribution is -2.26. The summed E-state index contributed by atoms with van der Waals surface area (Å²) in [5, 5.41) is 5.47. The number of thiazole rings is 1. The molecule has 1 heterocycles. The highest BCUT2D eigenvalue weighted by Gasteiger charge is 2.20. The van der Waals surface area contributed by atoms with Crippen molar-refractivity contribution < 1.29 is 18.0 Å². The van der Waals surface area contributed by atoms with Gasteiger partial charge in [-0.25, -0.2) is 13.4 Å². The van der Waals surface area contributed by atoms with Gasteiger partial charge in [0.2, 0.25) is 0 Å². The van der Waals surface area contributed by atoms with Gasteiger partial charge in [0.1, 0.15) is 5.01 Å². The van der Waals surface area contributed by atoms with Crippen molar-refractivity contribution >= 4 is 27.3 Å². The highest BCUT2D eigenvalue weighted by Crippen LogP contribution is 2.15. The van der Waals surface area contributed by atoms with Crippen LogP contribution in [0, 0.1) is 6.92 Å². The maximum atomic E-state index is 12.1. The minimum atomic E-state index is -3.71. The first-order valence-electron chi connectivity index (χ1n) is 6.67. The van der Waals surface area contributed by atoms with E-state index >= 15 is 0 Å². The van der Waals surface area contributed by atoms with Crippen LogP contribution in [0.25, 0.3) is 0 Å². The van der Waals surface area contributed by atoms with E-state index in [1.807, 2.05) is 12.3 Å². The maximum absolute atomic E-state index is 12.1. The van der Waals surface area contributed by atoms with Gasteiger partial charge in [-0.3, -0.25) is 9.63 Å². The molecule has 1 N–H and O–H groups in total. The van der Waals surface area contributed by atoms with Gasteiger partial charge in [0.15, 0.2) is 0 Å². The lowest BCUT2D eigenvalue weighted by Gasteiger charge is -2.14. The largest absolute Gasteiger partial charge is 0.346 e. The summed E-state index contributed by atoms with van der Waals surface area (Å²) in [6.07, 6.45) is 0. The third-order valence-corrected chi connectivity index (χ3v) is 5.74. The summed E-state index contributed by atoms with van der Waals surface area (Å²) in [6.45, 7) is 2.22. The van der Waals surface area contributed by atoms with Crippen LogP contribution in [-0.2, 0) is 21.4 Å². The van der Waals surface area contributed by atoms with Gasteiger partial charge in [-0.05, 0) is 31.2 Å². The molecule has 7 nitrogen and oxygen atoms in total. The molecule has 0 fully saturated rings. The highest BCUT2D eigenvalue weighted by molar-refractivity contribution is 7.89. The van der Waals surface area contributed by atoms with Crippen LogP contribution in [0.5, 0.6) is 0 Å². The van der Waals surface area contributed by atoms with Gasteiger partial charge in [-0.2, -0.15) is 0 Å². The smallest absolute Gasteiger partial charge is 0.264 e. The molecule has 1 aromatic carbocycles. The number of hydroxylamine groups is 1. The Morgan fingerprint density at radius 2 is 2.00 bits per heavy atom. The van der Waals surface area contributed by atoms with Crippen LogP contribution in [0.4, 0.5) is 0 Å². The first-order chi connectivity index (χ1) is 10.8. The predicted octanol–water partition coefficient (Wildman–Crippen LogP) is 1.56. The second kappa shape index (κ2) is 7.18. The molecule has 2 aromatic rings. The van der Waals surface area contributed by atoms with Gasteiger partial charge in [0.25, 0.3) is 15.9 Å². The predicted molar refractivity (Wildman–Crippen MR) is 86.4 cm³/mol. The van der Waals surface area contributed by atoms with Crippen LogP contribution in [0.1, 0.15) is 21.1 Å². The summed E-state index contributed by atoms with van der Waals surface area (Å²) in [5.74, 6) is -0.290. The number of amides is 1. The van der Waals surface area contributed by atoms with Gasteiger partial charge in [0.05, 0.1) is 18.6 Å². The summed E-state index contributed by atoms with van der Waals surface area (Å²) in [6, 6.07) is 5.65. The van der Waals surface area contributed by atoms with E-state index in [4.69, 9.17) is 4.84 Å². The SMILES string of the molecule is CON(C)S(=O)(=O)c1ccc(C(=O)NCc2nc(C)cs2)cc1. The number of aromatic nitrogens is 1. The average molecular weight is 355 g/mol. The summed E-state index contributed by atoms with van der Waals surface area (Å²) >= 11 is 1.47. The molecule has 23 heavy (non-hydrogen) atoms. The molecule has 2 rings (SSSR count). The number of nitrogens with zero attached hydrogens (tertiary/aromatic N) is 2. The van der Waals surface area contributed by atoms with Crippen LogP contribution < -0.4 is 5.32 Å². The van der Waals surface area contributed by atoms with E-state index in [1.165, 1.54) is 49.8 Å². The molecule has 0 atom stereocenters. The minimum Gasteiger partial charge on any atom is -0.346 e. The van der Waals surface area contributed by atoms with Crippen molar-refractivity contribution in [3.8, 4) is 0 Å². The van der Waals surface area contributed by atoms with E-state index in [-0.39, 0.29) is 10.8 Å². The molecule has 0 aliphatic heterocycles. The fourth-order valence-corrected chi connectivity index (χ4v) is 3.45. The lowest BCUT2D eigenvalue weighted by molar-refractivity contribution is -0.0258. The van der Waals surface area contributed by atoms with Crippen LogP contribution in [-0.4, -0.2) is 37.9 Å². The molecule has 0 bridgehead atoms. The number of nitrogens with one attached hydrogen (secondary N) is 1. The second-order valence-electron chi connectivity index (χ2n) is 4.69. The van der Waals surface area contributed by atoms with Gasteiger partial charge in [-0.15, -0.1) is 11.3 Å².